The van der Waals surface area contributed by atoms with Gasteiger partial charge in [-0.3, -0.25) is 14.4 Å². The van der Waals surface area contributed by atoms with Crippen molar-refractivity contribution in [3.63, 3.8) is 0 Å². The molecule has 7 heteroatoms. The van der Waals surface area contributed by atoms with Crippen molar-refractivity contribution >= 4 is 23.3 Å². The number of azo groups is 1. The van der Waals surface area contributed by atoms with E-state index in [4.69, 9.17) is 4.74 Å². The van der Waals surface area contributed by atoms with E-state index in [1.807, 2.05) is 0 Å². The van der Waals surface area contributed by atoms with E-state index in [1.165, 1.54) is 19.1 Å². The molecule has 0 spiro atoms. The zero-order chi connectivity index (χ0) is 18.9. The topological polar surface area (TPSA) is 85.2 Å². The maximum atomic E-state index is 12.8. The van der Waals surface area contributed by atoms with Gasteiger partial charge in [0, 0.05) is 18.9 Å². The van der Waals surface area contributed by atoms with Crippen molar-refractivity contribution in [1.29, 1.82) is 0 Å². The summed E-state index contributed by atoms with van der Waals surface area (Å²) in [6.07, 6.45) is 0.137. The highest BCUT2D eigenvalue weighted by molar-refractivity contribution is 6.07. The van der Waals surface area contributed by atoms with Gasteiger partial charge in [0.15, 0.2) is 5.78 Å². The summed E-state index contributed by atoms with van der Waals surface area (Å²) in [5, 5.41) is 7.31. The van der Waals surface area contributed by atoms with E-state index in [9.17, 15) is 18.8 Å². The maximum Gasteiger partial charge on any atom is 0.302 e. The van der Waals surface area contributed by atoms with Crippen molar-refractivity contribution in [3.8, 4) is 0 Å². The molecule has 0 heterocycles. The highest BCUT2D eigenvalue weighted by Crippen LogP contribution is 2.15. The number of esters is 1. The number of carbonyl (C=O) groups is 3. The minimum Gasteiger partial charge on any atom is -0.466 e. The highest BCUT2D eigenvalue weighted by Gasteiger charge is 2.11. The fraction of sp³-hybridized carbons (Fsp3) is 0.211. The van der Waals surface area contributed by atoms with Crippen molar-refractivity contribution in [1.82, 2.24) is 0 Å². The van der Waals surface area contributed by atoms with Crippen molar-refractivity contribution in [2.75, 3.05) is 6.61 Å². The first-order chi connectivity index (χ1) is 12.4. The van der Waals surface area contributed by atoms with Crippen LogP contribution in [0.3, 0.4) is 0 Å². The van der Waals surface area contributed by atoms with E-state index in [2.05, 4.69) is 10.2 Å². The predicted molar refractivity (Wildman–Crippen MR) is 91.6 cm³/mol. The Bertz CT molecular complexity index is 814. The number of hydrogen-bond donors (Lipinski definition) is 0. The van der Waals surface area contributed by atoms with Crippen LogP contribution in [0.4, 0.5) is 10.1 Å². The van der Waals surface area contributed by atoms with Gasteiger partial charge in [0.05, 0.1) is 18.7 Å². The fourth-order valence-electron chi connectivity index (χ4n) is 2.07. The quantitative estimate of drug-likeness (QED) is 0.327. The van der Waals surface area contributed by atoms with Gasteiger partial charge < -0.3 is 4.74 Å². The second-order valence-corrected chi connectivity index (χ2v) is 5.46. The van der Waals surface area contributed by atoms with E-state index < -0.39 is 23.9 Å². The van der Waals surface area contributed by atoms with Crippen LogP contribution in [-0.4, -0.2) is 24.3 Å². The Morgan fingerprint density at radius 3 is 2.27 bits per heavy atom. The lowest BCUT2D eigenvalue weighted by Crippen LogP contribution is -2.05. The molecule has 0 unspecified atom stereocenters. The summed E-state index contributed by atoms with van der Waals surface area (Å²) in [4.78, 5) is 34.3. The van der Waals surface area contributed by atoms with Crippen LogP contribution in [-0.2, 0) is 20.7 Å². The van der Waals surface area contributed by atoms with Crippen molar-refractivity contribution in [2.45, 2.75) is 19.8 Å². The van der Waals surface area contributed by atoms with Crippen LogP contribution >= 0.6 is 0 Å². The molecule has 2 rings (SSSR count). The molecule has 0 bridgehead atoms. The molecule has 0 aromatic heterocycles. The van der Waals surface area contributed by atoms with Crippen LogP contribution in [0.2, 0.25) is 0 Å². The fourth-order valence-corrected chi connectivity index (χ4v) is 2.07. The van der Waals surface area contributed by atoms with Gasteiger partial charge in [0.1, 0.15) is 5.82 Å². The predicted octanol–water partition coefficient (Wildman–Crippen LogP) is 3.81. The first-order valence-electron chi connectivity index (χ1n) is 7.89. The van der Waals surface area contributed by atoms with Gasteiger partial charge in [0.25, 0.3) is 5.91 Å². The third-order valence-electron chi connectivity index (χ3n) is 3.39. The molecule has 26 heavy (non-hydrogen) atoms. The van der Waals surface area contributed by atoms with E-state index in [1.54, 1.807) is 24.3 Å². The molecule has 6 nitrogen and oxygen atoms in total. The third kappa shape index (κ3) is 6.35. The molecule has 2 aromatic rings. The molecule has 0 N–H and O–H groups in total. The van der Waals surface area contributed by atoms with Crippen LogP contribution in [0.5, 0.6) is 0 Å². The summed E-state index contributed by atoms with van der Waals surface area (Å²) in [7, 11) is 0. The molecule has 0 saturated carbocycles. The lowest BCUT2D eigenvalue weighted by Gasteiger charge is -2.02. The minimum absolute atomic E-state index is 0.243. The zero-order valence-corrected chi connectivity index (χ0v) is 14.1. The Kier molecular flexibility index (Phi) is 6.84. The minimum atomic E-state index is -0.682. The van der Waals surface area contributed by atoms with Crippen LogP contribution in [0, 0.1) is 5.82 Å². The highest BCUT2D eigenvalue weighted by atomic mass is 19.1. The van der Waals surface area contributed by atoms with E-state index >= 15 is 0 Å². The van der Waals surface area contributed by atoms with Crippen LogP contribution in [0.25, 0.3) is 0 Å². The molecule has 0 radical (unpaired) electrons. The molecule has 0 fully saturated rings. The normalized spacial score (nSPS) is 10.7. The largest absolute Gasteiger partial charge is 0.466 e. The van der Waals surface area contributed by atoms with Gasteiger partial charge in [-0.2, -0.15) is 0 Å². The lowest BCUT2D eigenvalue weighted by molar-refractivity contribution is -0.140. The summed E-state index contributed by atoms with van der Waals surface area (Å²) in [5.41, 5.74) is 1.65. The van der Waals surface area contributed by atoms with Crippen LogP contribution < -0.4 is 0 Å². The number of ether oxygens (including phenoxy) is 1. The number of nitrogens with zero attached hydrogens (tertiary/aromatic N) is 2. The molecular weight excluding hydrogens is 339 g/mol. The summed E-state index contributed by atoms with van der Waals surface area (Å²) >= 11 is 0. The van der Waals surface area contributed by atoms with Gasteiger partial charge >= 0.3 is 5.97 Å². The van der Waals surface area contributed by atoms with E-state index in [-0.39, 0.29) is 11.5 Å². The molecule has 134 valence electrons. The van der Waals surface area contributed by atoms with Gasteiger partial charge in [-0.15, -0.1) is 10.2 Å². The summed E-state index contributed by atoms with van der Waals surface area (Å²) in [6, 6.07) is 11.8. The SMILES string of the molecule is CC(=O)OCCc1ccc(N=NC(=O)CC(=O)c2ccc(F)cc2)cc1. The zero-order valence-electron chi connectivity index (χ0n) is 14.1. The van der Waals surface area contributed by atoms with Crippen molar-refractivity contribution < 1.29 is 23.5 Å². The number of amides is 1. The number of Topliss-reactive ketones (excluding diaryl/α,β-unsaturated/α-hetero) is 1. The molecular formula is C19H17FN2O4. The van der Waals surface area contributed by atoms with Crippen LogP contribution in [0.1, 0.15) is 29.3 Å². The average Bonchev–Trinajstić information content (AvgIpc) is 2.61. The Balaban J connectivity index is 1.86. The Morgan fingerprint density at radius 2 is 1.65 bits per heavy atom. The van der Waals surface area contributed by atoms with E-state index in [0.29, 0.717) is 18.7 Å². The van der Waals surface area contributed by atoms with Crippen LogP contribution in [0.15, 0.2) is 58.8 Å². The number of ketones is 1. The van der Waals surface area contributed by atoms with Crippen molar-refractivity contribution in [3.05, 3.63) is 65.5 Å². The molecule has 1 amide bonds. The summed E-state index contributed by atoms with van der Waals surface area (Å²) < 4.78 is 17.7. The smallest absolute Gasteiger partial charge is 0.302 e. The first-order valence-corrected chi connectivity index (χ1v) is 7.89. The number of hydrogen-bond acceptors (Lipinski definition) is 5. The van der Waals surface area contributed by atoms with Gasteiger partial charge in [-0.05, 0) is 42.0 Å². The molecule has 0 aliphatic heterocycles. The van der Waals surface area contributed by atoms with Gasteiger partial charge in [-0.1, -0.05) is 12.1 Å². The molecule has 2 aromatic carbocycles. The second-order valence-electron chi connectivity index (χ2n) is 5.46. The van der Waals surface area contributed by atoms with Gasteiger partial charge in [0.2, 0.25) is 0 Å². The third-order valence-corrected chi connectivity index (χ3v) is 3.39. The first kappa shape index (κ1) is 19.1. The lowest BCUT2D eigenvalue weighted by atomic mass is 10.1. The number of carbonyl (C=O) groups excluding carboxylic acids is 3. The Morgan fingerprint density at radius 1 is 1.00 bits per heavy atom. The summed E-state index contributed by atoms with van der Waals surface area (Å²) in [6.45, 7) is 1.64. The summed E-state index contributed by atoms with van der Waals surface area (Å²) in [5.74, 6) is -1.92. The van der Waals surface area contributed by atoms with E-state index in [0.717, 1.165) is 17.7 Å². The average molecular weight is 356 g/mol. The standard InChI is InChI=1S/C19H17FN2O4/c1-13(23)26-11-10-14-2-8-17(9-3-14)21-22-19(25)12-18(24)15-4-6-16(20)7-5-15/h2-9H,10-12H2,1H3. The molecule has 0 atom stereocenters. The Hall–Kier alpha value is -3.22. The number of rotatable bonds is 7. The number of halogens is 1. The Labute approximate surface area is 149 Å². The maximum absolute atomic E-state index is 12.8. The van der Waals surface area contributed by atoms with Gasteiger partial charge in [-0.25, -0.2) is 4.39 Å². The second kappa shape index (κ2) is 9.31. The molecule has 0 aliphatic carbocycles. The monoisotopic (exact) mass is 356 g/mol. The number of benzene rings is 2. The van der Waals surface area contributed by atoms with Crippen molar-refractivity contribution in [2.24, 2.45) is 10.2 Å². The molecule has 0 saturated heterocycles. The molecule has 0 aliphatic rings.